The number of nitrogens with zero attached hydrogens (tertiary/aromatic N) is 1. The van der Waals surface area contributed by atoms with E-state index >= 15 is 0 Å². The Bertz CT molecular complexity index is 438. The van der Waals surface area contributed by atoms with Crippen molar-refractivity contribution in [2.24, 2.45) is 5.41 Å². The Hall–Kier alpha value is -0.800. The van der Waals surface area contributed by atoms with Crippen LogP contribution in [0.2, 0.25) is 5.02 Å². The van der Waals surface area contributed by atoms with Gasteiger partial charge in [0, 0.05) is 18.8 Å². The molecule has 0 spiro atoms. The molecule has 0 amide bonds. The molecule has 1 heterocycles. The lowest BCUT2D eigenvalue weighted by Crippen LogP contribution is -2.28. The molecule has 1 saturated carbocycles. The third kappa shape index (κ3) is 4.35. The van der Waals surface area contributed by atoms with Crippen molar-refractivity contribution in [3.63, 3.8) is 0 Å². The Morgan fingerprint density at radius 1 is 1.40 bits per heavy atom. The monoisotopic (exact) mass is 296 g/mol. The highest BCUT2D eigenvalue weighted by atomic mass is 35.5. The van der Waals surface area contributed by atoms with E-state index in [2.05, 4.69) is 31.1 Å². The van der Waals surface area contributed by atoms with Gasteiger partial charge in [-0.3, -0.25) is 0 Å². The van der Waals surface area contributed by atoms with Crippen LogP contribution in [0.4, 0.5) is 0 Å². The lowest BCUT2D eigenvalue weighted by molar-refractivity contribution is 0.0948. The number of ether oxygens (including phenoxy) is 1. The number of halogens is 1. The highest BCUT2D eigenvalue weighted by Gasteiger charge is 2.28. The molecule has 4 heteroatoms. The minimum Gasteiger partial charge on any atom is -0.474 e. The van der Waals surface area contributed by atoms with E-state index in [9.17, 15) is 0 Å². The van der Waals surface area contributed by atoms with E-state index in [-0.39, 0.29) is 0 Å². The van der Waals surface area contributed by atoms with Crippen LogP contribution in [-0.2, 0) is 6.54 Å². The fourth-order valence-electron chi connectivity index (χ4n) is 2.58. The largest absolute Gasteiger partial charge is 0.474 e. The number of rotatable bonds is 5. The highest BCUT2D eigenvalue weighted by molar-refractivity contribution is 6.31. The third-order valence-corrected chi connectivity index (χ3v) is 4.39. The zero-order valence-electron chi connectivity index (χ0n) is 12.7. The first-order chi connectivity index (χ1) is 9.50. The van der Waals surface area contributed by atoms with Crippen molar-refractivity contribution < 1.29 is 4.74 Å². The molecule has 0 saturated heterocycles. The topological polar surface area (TPSA) is 34.1 Å². The van der Waals surface area contributed by atoms with Crippen LogP contribution in [0.3, 0.4) is 0 Å². The molecule has 1 aliphatic carbocycles. The fourth-order valence-corrected chi connectivity index (χ4v) is 2.75. The van der Waals surface area contributed by atoms with Gasteiger partial charge in [-0.25, -0.2) is 4.98 Å². The van der Waals surface area contributed by atoms with Gasteiger partial charge in [-0.15, -0.1) is 0 Å². The molecular weight excluding hydrogens is 272 g/mol. The molecule has 2 rings (SSSR count). The van der Waals surface area contributed by atoms with Gasteiger partial charge < -0.3 is 10.1 Å². The second kappa shape index (κ2) is 6.77. The summed E-state index contributed by atoms with van der Waals surface area (Å²) in [7, 11) is 0. The van der Waals surface area contributed by atoms with Gasteiger partial charge in [0.1, 0.15) is 6.10 Å². The summed E-state index contributed by atoms with van der Waals surface area (Å²) < 4.78 is 6.03. The van der Waals surface area contributed by atoms with Gasteiger partial charge in [0.15, 0.2) is 0 Å². The Kier molecular flexibility index (Phi) is 5.28. The van der Waals surface area contributed by atoms with Crippen LogP contribution in [0, 0.1) is 5.41 Å². The van der Waals surface area contributed by atoms with Gasteiger partial charge in [-0.1, -0.05) is 32.4 Å². The highest BCUT2D eigenvalue weighted by Crippen LogP contribution is 2.36. The zero-order chi connectivity index (χ0) is 14.6. The Balaban J connectivity index is 1.96. The molecule has 1 aromatic heterocycles. The second-order valence-electron chi connectivity index (χ2n) is 6.38. The van der Waals surface area contributed by atoms with Crippen LogP contribution in [-0.4, -0.2) is 17.6 Å². The molecule has 0 radical (unpaired) electrons. The standard InChI is InChI=1S/C16H25ClN2O/c1-4-18-10-12-9-15(19-11-14(12)17)20-13-5-7-16(2,3)8-6-13/h9,11,13,18H,4-8,10H2,1-3H3. The zero-order valence-corrected chi connectivity index (χ0v) is 13.5. The van der Waals surface area contributed by atoms with Crippen molar-refractivity contribution in [1.29, 1.82) is 0 Å². The maximum absolute atomic E-state index is 6.15. The van der Waals surface area contributed by atoms with E-state index in [1.807, 2.05) is 6.07 Å². The van der Waals surface area contributed by atoms with E-state index in [0.717, 1.165) is 31.5 Å². The van der Waals surface area contributed by atoms with Crippen LogP contribution < -0.4 is 10.1 Å². The van der Waals surface area contributed by atoms with Crippen molar-refractivity contribution in [2.75, 3.05) is 6.54 Å². The molecule has 1 aliphatic rings. The predicted molar refractivity (Wildman–Crippen MR) is 83.3 cm³/mol. The Morgan fingerprint density at radius 2 is 2.10 bits per heavy atom. The normalized spacial score (nSPS) is 19.0. The van der Waals surface area contributed by atoms with Crippen molar-refractivity contribution >= 4 is 11.6 Å². The molecule has 0 unspecified atom stereocenters. The van der Waals surface area contributed by atoms with Crippen molar-refractivity contribution in [3.05, 3.63) is 22.8 Å². The van der Waals surface area contributed by atoms with Gasteiger partial charge in [0.05, 0.1) is 5.02 Å². The minimum atomic E-state index is 0.295. The molecule has 1 fully saturated rings. The molecule has 20 heavy (non-hydrogen) atoms. The van der Waals surface area contributed by atoms with Crippen LogP contribution in [0.5, 0.6) is 5.88 Å². The molecule has 0 bridgehead atoms. The SMILES string of the molecule is CCNCc1cc(OC2CCC(C)(C)CC2)ncc1Cl. The van der Waals surface area contributed by atoms with Gasteiger partial charge in [-0.05, 0) is 43.2 Å². The van der Waals surface area contributed by atoms with Crippen LogP contribution in [0.1, 0.15) is 52.0 Å². The van der Waals surface area contributed by atoms with Crippen molar-refractivity contribution in [3.8, 4) is 5.88 Å². The summed E-state index contributed by atoms with van der Waals surface area (Å²) in [5.74, 6) is 0.701. The van der Waals surface area contributed by atoms with Gasteiger partial charge in [0.2, 0.25) is 5.88 Å². The first kappa shape index (κ1) is 15.6. The molecule has 1 aromatic rings. The first-order valence-electron chi connectivity index (χ1n) is 7.52. The summed E-state index contributed by atoms with van der Waals surface area (Å²) >= 11 is 6.15. The molecule has 1 N–H and O–H groups in total. The van der Waals surface area contributed by atoms with Gasteiger partial charge in [-0.2, -0.15) is 0 Å². The molecule has 0 aliphatic heterocycles. The average Bonchev–Trinajstić information content (AvgIpc) is 2.42. The summed E-state index contributed by atoms with van der Waals surface area (Å²) in [5, 5.41) is 3.98. The summed E-state index contributed by atoms with van der Waals surface area (Å²) in [5.41, 5.74) is 1.51. The second-order valence-corrected chi connectivity index (χ2v) is 6.78. The summed E-state index contributed by atoms with van der Waals surface area (Å²) in [6.45, 7) is 8.42. The Morgan fingerprint density at radius 3 is 2.75 bits per heavy atom. The van der Waals surface area contributed by atoms with E-state index in [0.29, 0.717) is 22.4 Å². The summed E-state index contributed by atoms with van der Waals surface area (Å²) in [4.78, 5) is 4.30. The number of pyridine rings is 1. The third-order valence-electron chi connectivity index (χ3n) is 4.05. The lowest BCUT2D eigenvalue weighted by atomic mass is 9.76. The fraction of sp³-hybridized carbons (Fsp3) is 0.688. The smallest absolute Gasteiger partial charge is 0.213 e. The van der Waals surface area contributed by atoms with Crippen LogP contribution in [0.15, 0.2) is 12.3 Å². The quantitative estimate of drug-likeness (QED) is 0.884. The van der Waals surface area contributed by atoms with E-state index in [1.54, 1.807) is 6.20 Å². The molecule has 3 nitrogen and oxygen atoms in total. The summed E-state index contributed by atoms with van der Waals surface area (Å²) in [6, 6.07) is 1.96. The number of hydrogen-bond acceptors (Lipinski definition) is 3. The first-order valence-corrected chi connectivity index (χ1v) is 7.90. The molecule has 0 aromatic carbocycles. The number of hydrogen-bond donors (Lipinski definition) is 1. The number of aromatic nitrogens is 1. The van der Waals surface area contributed by atoms with Crippen molar-refractivity contribution in [1.82, 2.24) is 10.3 Å². The Labute approximate surface area is 127 Å². The van der Waals surface area contributed by atoms with Crippen molar-refractivity contribution in [2.45, 2.75) is 59.1 Å². The summed E-state index contributed by atoms with van der Waals surface area (Å²) in [6.07, 6.45) is 6.64. The average molecular weight is 297 g/mol. The van der Waals surface area contributed by atoms with Gasteiger partial charge in [0.25, 0.3) is 0 Å². The van der Waals surface area contributed by atoms with Crippen LogP contribution >= 0.6 is 11.6 Å². The molecule has 112 valence electrons. The molecule has 0 atom stereocenters. The van der Waals surface area contributed by atoms with E-state index < -0.39 is 0 Å². The maximum atomic E-state index is 6.15. The van der Waals surface area contributed by atoms with E-state index in [1.165, 1.54) is 12.8 Å². The molecular formula is C16H25ClN2O. The lowest BCUT2D eigenvalue weighted by Gasteiger charge is -2.34. The van der Waals surface area contributed by atoms with Crippen LogP contribution in [0.25, 0.3) is 0 Å². The van der Waals surface area contributed by atoms with E-state index in [4.69, 9.17) is 16.3 Å². The maximum Gasteiger partial charge on any atom is 0.213 e. The van der Waals surface area contributed by atoms with Gasteiger partial charge >= 0.3 is 0 Å². The predicted octanol–water partition coefficient (Wildman–Crippen LogP) is 4.19. The minimum absolute atomic E-state index is 0.295. The number of nitrogens with one attached hydrogen (secondary N) is 1.